The lowest BCUT2D eigenvalue weighted by molar-refractivity contribution is -0.149. The van der Waals surface area contributed by atoms with Crippen LogP contribution in [-0.4, -0.2) is 42.3 Å². The summed E-state index contributed by atoms with van der Waals surface area (Å²) in [5.41, 5.74) is 3.60. The molecule has 1 amide bonds. The number of carbonyl (C=O) groups is 3. The molecular weight excluding hydrogens is 342 g/mol. The number of ether oxygens (including phenoxy) is 1. The third kappa shape index (κ3) is 3.03. The highest BCUT2D eigenvalue weighted by atomic mass is 16.5. The highest BCUT2D eigenvalue weighted by Crippen LogP contribution is 2.37. The summed E-state index contributed by atoms with van der Waals surface area (Å²) in [7, 11) is 0. The Bertz CT molecular complexity index is 926. The van der Waals surface area contributed by atoms with Crippen molar-refractivity contribution in [3.63, 3.8) is 0 Å². The Balaban J connectivity index is 1.50. The van der Waals surface area contributed by atoms with Crippen LogP contribution in [0.1, 0.15) is 46.0 Å². The maximum atomic E-state index is 12.9. The fourth-order valence-electron chi connectivity index (χ4n) is 3.92. The van der Waals surface area contributed by atoms with Gasteiger partial charge in [0.2, 0.25) is 0 Å². The van der Waals surface area contributed by atoms with E-state index in [2.05, 4.69) is 0 Å². The molecule has 0 radical (unpaired) electrons. The van der Waals surface area contributed by atoms with Gasteiger partial charge in [-0.1, -0.05) is 30.3 Å². The minimum absolute atomic E-state index is 0.0312. The van der Waals surface area contributed by atoms with Crippen molar-refractivity contribution < 1.29 is 19.1 Å². The molecule has 2 aliphatic rings. The molecule has 1 heterocycles. The van der Waals surface area contributed by atoms with Gasteiger partial charge in [-0.25, -0.2) is 0 Å². The van der Waals surface area contributed by atoms with E-state index in [0.29, 0.717) is 49.2 Å². The third-order valence-corrected chi connectivity index (χ3v) is 5.38. The molecule has 1 aliphatic carbocycles. The van der Waals surface area contributed by atoms with E-state index in [1.807, 2.05) is 30.3 Å². The lowest BCUT2D eigenvalue weighted by atomic mass is 9.96. The maximum absolute atomic E-state index is 12.9. The quantitative estimate of drug-likeness (QED) is 0.670. The number of rotatable bonds is 3. The first-order valence-electron chi connectivity index (χ1n) is 9.34. The van der Waals surface area contributed by atoms with Gasteiger partial charge in [-0.3, -0.25) is 14.4 Å². The van der Waals surface area contributed by atoms with E-state index >= 15 is 0 Å². The van der Waals surface area contributed by atoms with Crippen LogP contribution in [0.5, 0.6) is 0 Å². The molecule has 5 nitrogen and oxygen atoms in total. The average Bonchev–Trinajstić information content (AvgIpc) is 3.00. The topological polar surface area (TPSA) is 63.7 Å². The number of fused-ring (bicyclic) bond motifs is 3. The number of esters is 1. The molecule has 0 spiro atoms. The summed E-state index contributed by atoms with van der Waals surface area (Å²) >= 11 is 0. The molecular formula is C22H21NO4. The van der Waals surface area contributed by atoms with Gasteiger partial charge in [-0.15, -0.1) is 0 Å². The second kappa shape index (κ2) is 6.99. The molecule has 1 fully saturated rings. The molecule has 0 aromatic heterocycles. The first kappa shape index (κ1) is 17.5. The summed E-state index contributed by atoms with van der Waals surface area (Å²) < 4.78 is 5.07. The van der Waals surface area contributed by atoms with E-state index < -0.39 is 0 Å². The minimum atomic E-state index is -0.175. The normalized spacial score (nSPS) is 16.0. The van der Waals surface area contributed by atoms with Crippen LogP contribution < -0.4 is 0 Å². The van der Waals surface area contributed by atoms with Gasteiger partial charge in [-0.05, 0) is 43.0 Å². The minimum Gasteiger partial charge on any atom is -0.466 e. The Labute approximate surface area is 157 Å². The molecule has 0 N–H and O–H groups in total. The van der Waals surface area contributed by atoms with E-state index in [-0.39, 0.29) is 23.6 Å². The highest BCUT2D eigenvalue weighted by Gasteiger charge is 2.31. The second-order valence-electron chi connectivity index (χ2n) is 6.95. The van der Waals surface area contributed by atoms with Crippen LogP contribution in [-0.2, 0) is 9.53 Å². The lowest BCUT2D eigenvalue weighted by Crippen LogP contribution is -2.40. The van der Waals surface area contributed by atoms with Crippen molar-refractivity contribution in [2.75, 3.05) is 19.7 Å². The molecule has 138 valence electrons. The standard InChI is InChI=1S/C22H21NO4/c1-2-27-22(26)14-9-11-23(12-10-14)21(25)15-7-8-17-16-5-3-4-6-18(16)20(24)19(17)13-15/h3-8,13-14H,2,9-12H2,1H3. The smallest absolute Gasteiger partial charge is 0.309 e. The Morgan fingerprint density at radius 1 is 1.00 bits per heavy atom. The summed E-state index contributed by atoms with van der Waals surface area (Å²) in [6.07, 6.45) is 1.22. The summed E-state index contributed by atoms with van der Waals surface area (Å²) in [5.74, 6) is -0.435. The monoisotopic (exact) mass is 363 g/mol. The van der Waals surface area contributed by atoms with E-state index in [1.54, 1.807) is 24.0 Å². The third-order valence-electron chi connectivity index (χ3n) is 5.38. The van der Waals surface area contributed by atoms with Crippen LogP contribution in [0, 0.1) is 5.92 Å². The number of hydrogen-bond donors (Lipinski definition) is 0. The summed E-state index contributed by atoms with van der Waals surface area (Å²) in [6, 6.07) is 12.9. The Morgan fingerprint density at radius 3 is 2.37 bits per heavy atom. The largest absolute Gasteiger partial charge is 0.466 e. The summed E-state index contributed by atoms with van der Waals surface area (Å²) in [5, 5.41) is 0. The van der Waals surface area contributed by atoms with Gasteiger partial charge < -0.3 is 9.64 Å². The molecule has 0 bridgehead atoms. The molecule has 4 rings (SSSR count). The van der Waals surface area contributed by atoms with Gasteiger partial charge in [0.15, 0.2) is 5.78 Å². The molecule has 0 saturated carbocycles. The zero-order valence-electron chi connectivity index (χ0n) is 15.2. The van der Waals surface area contributed by atoms with E-state index in [1.165, 1.54) is 0 Å². The van der Waals surface area contributed by atoms with Gasteiger partial charge in [0.1, 0.15) is 0 Å². The Morgan fingerprint density at radius 2 is 1.67 bits per heavy atom. The number of likely N-dealkylation sites (tertiary alicyclic amines) is 1. The number of amides is 1. The second-order valence-corrected chi connectivity index (χ2v) is 6.95. The fourth-order valence-corrected chi connectivity index (χ4v) is 3.92. The molecule has 27 heavy (non-hydrogen) atoms. The molecule has 1 saturated heterocycles. The van der Waals surface area contributed by atoms with E-state index in [0.717, 1.165) is 11.1 Å². The van der Waals surface area contributed by atoms with Gasteiger partial charge >= 0.3 is 5.97 Å². The van der Waals surface area contributed by atoms with Crippen LogP contribution in [0.2, 0.25) is 0 Å². The molecule has 2 aromatic rings. The van der Waals surface area contributed by atoms with Crippen molar-refractivity contribution in [1.29, 1.82) is 0 Å². The summed E-state index contributed by atoms with van der Waals surface area (Å²) in [4.78, 5) is 39.1. The number of hydrogen-bond acceptors (Lipinski definition) is 4. The van der Waals surface area contributed by atoms with Crippen molar-refractivity contribution in [2.45, 2.75) is 19.8 Å². The Hall–Kier alpha value is -2.95. The van der Waals surface area contributed by atoms with Crippen LogP contribution >= 0.6 is 0 Å². The molecule has 5 heteroatoms. The van der Waals surface area contributed by atoms with Crippen LogP contribution in [0.4, 0.5) is 0 Å². The molecule has 0 atom stereocenters. The first-order valence-corrected chi connectivity index (χ1v) is 9.34. The maximum Gasteiger partial charge on any atom is 0.309 e. The fraction of sp³-hybridized carbons (Fsp3) is 0.318. The van der Waals surface area contributed by atoms with Crippen molar-refractivity contribution in [3.8, 4) is 11.1 Å². The average molecular weight is 363 g/mol. The number of carbonyl (C=O) groups excluding carboxylic acids is 3. The highest BCUT2D eigenvalue weighted by molar-refractivity contribution is 6.22. The summed E-state index contributed by atoms with van der Waals surface area (Å²) in [6.45, 7) is 3.22. The predicted octanol–water partition coefficient (Wildman–Crippen LogP) is 3.31. The SMILES string of the molecule is CCOC(=O)C1CCN(C(=O)c2ccc3c(c2)C(=O)c2ccccc2-3)CC1. The molecule has 2 aromatic carbocycles. The van der Waals surface area contributed by atoms with Crippen molar-refractivity contribution in [3.05, 3.63) is 59.2 Å². The van der Waals surface area contributed by atoms with Crippen molar-refractivity contribution in [1.82, 2.24) is 4.90 Å². The van der Waals surface area contributed by atoms with E-state index in [4.69, 9.17) is 4.74 Å². The van der Waals surface area contributed by atoms with Crippen molar-refractivity contribution >= 4 is 17.7 Å². The molecule has 0 unspecified atom stereocenters. The number of ketones is 1. The van der Waals surface area contributed by atoms with Crippen molar-refractivity contribution in [2.24, 2.45) is 5.92 Å². The van der Waals surface area contributed by atoms with Gasteiger partial charge in [0.05, 0.1) is 12.5 Å². The van der Waals surface area contributed by atoms with Gasteiger partial charge in [0, 0.05) is 29.8 Å². The van der Waals surface area contributed by atoms with Crippen LogP contribution in [0.3, 0.4) is 0 Å². The predicted molar refractivity (Wildman–Crippen MR) is 101 cm³/mol. The van der Waals surface area contributed by atoms with Gasteiger partial charge in [0.25, 0.3) is 5.91 Å². The zero-order chi connectivity index (χ0) is 19.0. The first-order chi connectivity index (χ1) is 13.1. The zero-order valence-corrected chi connectivity index (χ0v) is 15.2. The number of piperidine rings is 1. The Kier molecular flexibility index (Phi) is 4.52. The van der Waals surface area contributed by atoms with E-state index in [9.17, 15) is 14.4 Å². The van der Waals surface area contributed by atoms with Gasteiger partial charge in [-0.2, -0.15) is 0 Å². The number of benzene rings is 2. The lowest BCUT2D eigenvalue weighted by Gasteiger charge is -2.31. The van der Waals surface area contributed by atoms with Crippen LogP contribution in [0.25, 0.3) is 11.1 Å². The number of nitrogens with zero attached hydrogens (tertiary/aromatic N) is 1. The molecule has 1 aliphatic heterocycles. The van der Waals surface area contributed by atoms with Crippen LogP contribution in [0.15, 0.2) is 42.5 Å².